The van der Waals surface area contributed by atoms with Crippen molar-refractivity contribution in [3.63, 3.8) is 0 Å². The Labute approximate surface area is 148 Å². The second-order valence-electron chi connectivity index (χ2n) is 5.43. The maximum atomic E-state index is 12.4. The van der Waals surface area contributed by atoms with Crippen LogP contribution < -0.4 is 10.9 Å². The van der Waals surface area contributed by atoms with Crippen LogP contribution in [0.15, 0.2) is 23.0 Å². The van der Waals surface area contributed by atoms with Gasteiger partial charge in [-0.05, 0) is 37.5 Å². The van der Waals surface area contributed by atoms with Crippen LogP contribution in [0.2, 0.25) is 10.0 Å². The molecule has 2 aromatic rings. The zero-order chi connectivity index (χ0) is 17.2. The molecule has 0 aliphatic rings. The van der Waals surface area contributed by atoms with E-state index in [1.54, 1.807) is 25.3 Å². The lowest BCUT2D eigenvalue weighted by atomic mass is 10.1. The lowest BCUT2D eigenvalue weighted by Crippen LogP contribution is -2.32. The van der Waals surface area contributed by atoms with Gasteiger partial charge in [-0.2, -0.15) is 5.26 Å². The Kier molecular flexibility index (Phi) is 5.37. The molecule has 0 spiro atoms. The number of aromatic nitrogens is 1. The summed E-state index contributed by atoms with van der Waals surface area (Å²) in [5.41, 5.74) is -0.404. The topological polar surface area (TPSA) is 67.0 Å². The first-order valence-electron chi connectivity index (χ1n) is 6.69. The van der Waals surface area contributed by atoms with Crippen molar-refractivity contribution in [2.24, 2.45) is 0 Å². The number of methoxy groups -OCH3 is 1. The van der Waals surface area contributed by atoms with Crippen LogP contribution in [0.5, 0.6) is 0 Å². The summed E-state index contributed by atoms with van der Waals surface area (Å²) >= 11 is 13.4. The molecule has 0 bridgehead atoms. The largest absolute Gasteiger partial charge is 0.377 e. The van der Waals surface area contributed by atoms with Crippen LogP contribution in [0, 0.1) is 11.3 Å². The van der Waals surface area contributed by atoms with Gasteiger partial charge in [0, 0.05) is 7.11 Å². The number of para-hydroxylation sites is 1. The lowest BCUT2D eigenvalue weighted by molar-refractivity contribution is 0.00984. The molecule has 2 rings (SSSR count). The third-order valence-corrected chi connectivity index (χ3v) is 4.89. The van der Waals surface area contributed by atoms with E-state index in [-0.39, 0.29) is 11.1 Å². The van der Waals surface area contributed by atoms with Gasteiger partial charge in [-0.1, -0.05) is 29.3 Å². The summed E-state index contributed by atoms with van der Waals surface area (Å²) in [5, 5.41) is 13.5. The Morgan fingerprint density at radius 1 is 1.39 bits per heavy atom. The van der Waals surface area contributed by atoms with Crippen molar-refractivity contribution < 1.29 is 4.74 Å². The summed E-state index contributed by atoms with van der Waals surface area (Å²) < 4.78 is 6.82. The monoisotopic (exact) mass is 371 g/mol. The molecule has 23 heavy (non-hydrogen) atoms. The molecular formula is C15H15Cl2N3O2S. The van der Waals surface area contributed by atoms with E-state index in [4.69, 9.17) is 27.9 Å². The van der Waals surface area contributed by atoms with Gasteiger partial charge in [0.15, 0.2) is 5.56 Å². The quantitative estimate of drug-likeness (QED) is 0.852. The van der Waals surface area contributed by atoms with E-state index >= 15 is 0 Å². The Morgan fingerprint density at radius 3 is 2.52 bits per heavy atom. The zero-order valence-electron chi connectivity index (χ0n) is 12.8. The molecule has 122 valence electrons. The molecule has 0 radical (unpaired) electrons. The summed E-state index contributed by atoms with van der Waals surface area (Å²) in [4.78, 5) is 12.4. The van der Waals surface area contributed by atoms with Gasteiger partial charge in [-0.3, -0.25) is 8.75 Å². The SMILES string of the molecule is COC(C)(C)Cn1sc(Nc2c(Cl)cccc2Cl)c(C#N)c1=O. The Balaban J connectivity index is 2.44. The van der Waals surface area contributed by atoms with Crippen LogP contribution in [-0.4, -0.2) is 16.7 Å². The van der Waals surface area contributed by atoms with E-state index in [0.717, 1.165) is 11.5 Å². The minimum absolute atomic E-state index is 0.0258. The van der Waals surface area contributed by atoms with Gasteiger partial charge in [-0.15, -0.1) is 0 Å². The summed E-state index contributed by atoms with van der Waals surface area (Å²) in [6.45, 7) is 4.06. The minimum atomic E-state index is -0.527. The van der Waals surface area contributed by atoms with Crippen molar-refractivity contribution in [2.45, 2.75) is 26.0 Å². The zero-order valence-corrected chi connectivity index (χ0v) is 15.1. The average molecular weight is 372 g/mol. The Bertz CT molecular complexity index is 801. The van der Waals surface area contributed by atoms with Crippen LogP contribution in [0.4, 0.5) is 10.7 Å². The smallest absolute Gasteiger partial charge is 0.280 e. The fourth-order valence-electron chi connectivity index (χ4n) is 1.85. The third kappa shape index (κ3) is 3.88. The molecule has 8 heteroatoms. The summed E-state index contributed by atoms with van der Waals surface area (Å²) in [6, 6.07) is 7.01. The Hall–Kier alpha value is -1.52. The molecule has 0 unspecified atom stereocenters. The highest BCUT2D eigenvalue weighted by Gasteiger charge is 2.23. The van der Waals surface area contributed by atoms with E-state index in [9.17, 15) is 10.1 Å². The lowest BCUT2D eigenvalue weighted by Gasteiger charge is -2.22. The van der Waals surface area contributed by atoms with Crippen molar-refractivity contribution in [1.29, 1.82) is 5.26 Å². The first kappa shape index (κ1) is 17.8. The van der Waals surface area contributed by atoms with Crippen molar-refractivity contribution >= 4 is 45.4 Å². The molecule has 0 fully saturated rings. The van der Waals surface area contributed by atoms with E-state index in [0.29, 0.717) is 27.3 Å². The number of nitrogens with one attached hydrogen (secondary N) is 1. The van der Waals surface area contributed by atoms with Crippen molar-refractivity contribution in [1.82, 2.24) is 3.96 Å². The molecule has 0 saturated carbocycles. The fourth-order valence-corrected chi connectivity index (χ4v) is 3.48. The molecule has 5 nitrogen and oxygen atoms in total. The Morgan fingerprint density at radius 2 is 2.00 bits per heavy atom. The van der Waals surface area contributed by atoms with Gasteiger partial charge in [0.25, 0.3) is 5.56 Å². The molecular weight excluding hydrogens is 357 g/mol. The highest BCUT2D eigenvalue weighted by atomic mass is 35.5. The van der Waals surface area contributed by atoms with Crippen LogP contribution >= 0.6 is 34.7 Å². The predicted molar refractivity (Wildman–Crippen MR) is 94.1 cm³/mol. The second-order valence-corrected chi connectivity index (χ2v) is 7.28. The summed E-state index contributed by atoms with van der Waals surface area (Å²) in [7, 11) is 1.58. The molecule has 0 aliphatic heterocycles. The fraction of sp³-hybridized carbons (Fsp3) is 0.333. The number of rotatable bonds is 5. The van der Waals surface area contributed by atoms with E-state index in [1.165, 1.54) is 3.96 Å². The standard InChI is InChI=1S/C15H15Cl2N3O2S/c1-15(2,22-3)8-20-14(21)9(7-18)13(23-20)19-12-10(16)5-4-6-11(12)17/h4-6,19H,8H2,1-3H3. The molecule has 1 N–H and O–H groups in total. The van der Waals surface area contributed by atoms with Gasteiger partial charge in [0.1, 0.15) is 11.1 Å². The van der Waals surface area contributed by atoms with Gasteiger partial charge in [0.05, 0.1) is 27.9 Å². The predicted octanol–water partition coefficient (Wildman–Crippen LogP) is 4.26. The number of ether oxygens (including phenoxy) is 1. The van der Waals surface area contributed by atoms with Crippen molar-refractivity contribution in [2.75, 3.05) is 12.4 Å². The highest BCUT2D eigenvalue weighted by molar-refractivity contribution is 7.11. The molecule has 0 atom stereocenters. The van der Waals surface area contributed by atoms with Crippen molar-refractivity contribution in [3.8, 4) is 6.07 Å². The number of anilines is 2. The van der Waals surface area contributed by atoms with Gasteiger partial charge in [-0.25, -0.2) is 0 Å². The summed E-state index contributed by atoms with van der Waals surface area (Å²) in [5.74, 6) is 0. The second kappa shape index (κ2) is 6.93. The molecule has 1 heterocycles. The molecule has 0 amide bonds. The molecule has 1 aromatic carbocycles. The van der Waals surface area contributed by atoms with E-state index in [1.807, 2.05) is 19.9 Å². The summed E-state index contributed by atoms with van der Waals surface area (Å²) in [6.07, 6.45) is 0. The van der Waals surface area contributed by atoms with Crippen molar-refractivity contribution in [3.05, 3.63) is 44.2 Å². The number of hydrogen-bond donors (Lipinski definition) is 1. The minimum Gasteiger partial charge on any atom is -0.377 e. The maximum Gasteiger partial charge on any atom is 0.280 e. The molecule has 1 aromatic heterocycles. The number of nitrogens with zero attached hydrogens (tertiary/aromatic N) is 2. The molecule has 0 aliphatic carbocycles. The first-order chi connectivity index (χ1) is 10.8. The number of benzene rings is 1. The first-order valence-corrected chi connectivity index (χ1v) is 8.22. The normalized spacial score (nSPS) is 11.3. The van der Waals surface area contributed by atoms with Gasteiger partial charge < -0.3 is 10.1 Å². The van der Waals surface area contributed by atoms with Crippen LogP contribution in [-0.2, 0) is 11.3 Å². The van der Waals surface area contributed by atoms with E-state index < -0.39 is 5.60 Å². The third-order valence-electron chi connectivity index (χ3n) is 3.26. The highest BCUT2D eigenvalue weighted by Crippen LogP contribution is 2.34. The van der Waals surface area contributed by atoms with E-state index in [2.05, 4.69) is 5.32 Å². The molecule has 0 saturated heterocycles. The van der Waals surface area contributed by atoms with Crippen LogP contribution in [0.25, 0.3) is 0 Å². The maximum absolute atomic E-state index is 12.4. The number of halogens is 2. The van der Waals surface area contributed by atoms with Crippen LogP contribution in [0.3, 0.4) is 0 Å². The van der Waals surface area contributed by atoms with Crippen LogP contribution in [0.1, 0.15) is 19.4 Å². The average Bonchev–Trinajstić information content (AvgIpc) is 2.78. The van der Waals surface area contributed by atoms with Gasteiger partial charge in [0.2, 0.25) is 0 Å². The van der Waals surface area contributed by atoms with Gasteiger partial charge >= 0.3 is 0 Å². The number of nitriles is 1. The number of hydrogen-bond acceptors (Lipinski definition) is 5.